The van der Waals surface area contributed by atoms with Crippen molar-refractivity contribution in [2.45, 2.75) is 33.6 Å². The van der Waals surface area contributed by atoms with Gasteiger partial charge in [0.05, 0.1) is 0 Å². The fraction of sp³-hybridized carbons (Fsp3) is 0.278. The van der Waals surface area contributed by atoms with Gasteiger partial charge in [0, 0.05) is 11.3 Å². The molecule has 0 fully saturated rings. The van der Waals surface area contributed by atoms with Crippen LogP contribution < -0.4 is 5.32 Å². The standard InChI is InChI=1S/C18H20FNO/c1-4-13-7-6-8-14(5-2)17(13)20-18(21)16-10-9-15(19)11-12(16)3/h6-11H,4-5H2,1-3H3,(H,20,21). The molecule has 0 heterocycles. The van der Waals surface area contributed by atoms with Gasteiger partial charge in [0.1, 0.15) is 5.82 Å². The first-order chi connectivity index (χ1) is 10.1. The minimum atomic E-state index is -0.327. The van der Waals surface area contributed by atoms with Crippen molar-refractivity contribution in [2.24, 2.45) is 0 Å². The Morgan fingerprint density at radius 3 is 2.24 bits per heavy atom. The van der Waals surface area contributed by atoms with Crippen molar-refractivity contribution in [3.63, 3.8) is 0 Å². The third kappa shape index (κ3) is 3.30. The number of carbonyl (C=O) groups is 1. The Balaban J connectivity index is 2.35. The molecule has 0 spiro atoms. The maximum Gasteiger partial charge on any atom is 0.255 e. The Hall–Kier alpha value is -2.16. The number of benzene rings is 2. The molecule has 0 aromatic heterocycles. The van der Waals surface area contributed by atoms with E-state index in [2.05, 4.69) is 19.2 Å². The fourth-order valence-corrected chi connectivity index (χ4v) is 2.47. The summed E-state index contributed by atoms with van der Waals surface area (Å²) in [7, 11) is 0. The molecule has 0 aliphatic rings. The third-order valence-corrected chi connectivity index (χ3v) is 3.67. The Morgan fingerprint density at radius 1 is 1.10 bits per heavy atom. The second-order valence-electron chi connectivity index (χ2n) is 5.07. The average molecular weight is 285 g/mol. The van der Waals surface area contributed by atoms with Crippen molar-refractivity contribution in [3.8, 4) is 0 Å². The van der Waals surface area contributed by atoms with Crippen LogP contribution in [0.15, 0.2) is 36.4 Å². The summed E-state index contributed by atoms with van der Waals surface area (Å²) >= 11 is 0. The van der Waals surface area contributed by atoms with E-state index in [1.165, 1.54) is 18.2 Å². The lowest BCUT2D eigenvalue weighted by molar-refractivity contribution is 0.102. The number of aryl methyl sites for hydroxylation is 3. The van der Waals surface area contributed by atoms with Gasteiger partial charge in [-0.2, -0.15) is 0 Å². The topological polar surface area (TPSA) is 29.1 Å². The van der Waals surface area contributed by atoms with Crippen LogP contribution in [0, 0.1) is 12.7 Å². The molecule has 2 aromatic carbocycles. The highest BCUT2D eigenvalue weighted by Crippen LogP contribution is 2.24. The highest BCUT2D eigenvalue weighted by atomic mass is 19.1. The van der Waals surface area contributed by atoms with Gasteiger partial charge < -0.3 is 5.32 Å². The molecule has 3 heteroatoms. The van der Waals surface area contributed by atoms with Crippen LogP contribution >= 0.6 is 0 Å². The van der Waals surface area contributed by atoms with E-state index in [0.717, 1.165) is 29.7 Å². The van der Waals surface area contributed by atoms with Crippen molar-refractivity contribution in [3.05, 3.63) is 64.5 Å². The van der Waals surface area contributed by atoms with Gasteiger partial charge in [-0.05, 0) is 54.7 Å². The van der Waals surface area contributed by atoms with Crippen molar-refractivity contribution in [1.29, 1.82) is 0 Å². The molecule has 0 saturated carbocycles. The van der Waals surface area contributed by atoms with Gasteiger partial charge in [0.25, 0.3) is 5.91 Å². The van der Waals surface area contributed by atoms with Crippen LogP contribution in [0.25, 0.3) is 0 Å². The van der Waals surface area contributed by atoms with E-state index in [1.54, 1.807) is 6.92 Å². The van der Waals surface area contributed by atoms with Gasteiger partial charge in [-0.1, -0.05) is 32.0 Å². The van der Waals surface area contributed by atoms with Gasteiger partial charge in [0.2, 0.25) is 0 Å². The molecule has 1 amide bonds. The minimum Gasteiger partial charge on any atom is -0.321 e. The summed E-state index contributed by atoms with van der Waals surface area (Å²) in [4.78, 5) is 12.4. The molecule has 0 saturated heterocycles. The lowest BCUT2D eigenvalue weighted by atomic mass is 10.0. The lowest BCUT2D eigenvalue weighted by Crippen LogP contribution is -2.16. The van der Waals surface area contributed by atoms with Crippen LogP contribution in [-0.2, 0) is 12.8 Å². The molecule has 0 aliphatic heterocycles. The third-order valence-electron chi connectivity index (χ3n) is 3.67. The van der Waals surface area contributed by atoms with Crippen molar-refractivity contribution in [1.82, 2.24) is 0 Å². The van der Waals surface area contributed by atoms with E-state index in [1.807, 2.05) is 18.2 Å². The molecule has 110 valence electrons. The van der Waals surface area contributed by atoms with E-state index >= 15 is 0 Å². The predicted octanol–water partition coefficient (Wildman–Crippen LogP) is 4.51. The monoisotopic (exact) mass is 285 g/mol. The number of carbonyl (C=O) groups excluding carboxylic acids is 1. The molecular formula is C18H20FNO. The Kier molecular flexibility index (Phi) is 4.73. The largest absolute Gasteiger partial charge is 0.321 e. The van der Waals surface area contributed by atoms with Crippen molar-refractivity contribution >= 4 is 11.6 Å². The van der Waals surface area contributed by atoms with Crippen LogP contribution in [0.2, 0.25) is 0 Å². The van der Waals surface area contributed by atoms with Gasteiger partial charge in [-0.3, -0.25) is 4.79 Å². The van der Waals surface area contributed by atoms with Gasteiger partial charge in [-0.25, -0.2) is 4.39 Å². The maximum absolute atomic E-state index is 13.1. The van der Waals surface area contributed by atoms with E-state index in [0.29, 0.717) is 11.1 Å². The number of hydrogen-bond acceptors (Lipinski definition) is 1. The van der Waals surface area contributed by atoms with E-state index in [-0.39, 0.29) is 11.7 Å². The molecule has 0 aliphatic carbocycles. The van der Waals surface area contributed by atoms with Crippen LogP contribution in [0.1, 0.15) is 40.9 Å². The first-order valence-electron chi connectivity index (χ1n) is 7.25. The molecule has 0 unspecified atom stereocenters. The zero-order chi connectivity index (χ0) is 15.4. The number of rotatable bonds is 4. The summed E-state index contributed by atoms with van der Waals surface area (Å²) in [6.45, 7) is 5.87. The normalized spacial score (nSPS) is 10.5. The Morgan fingerprint density at radius 2 is 1.71 bits per heavy atom. The fourth-order valence-electron chi connectivity index (χ4n) is 2.47. The predicted molar refractivity (Wildman–Crippen MR) is 84.3 cm³/mol. The second kappa shape index (κ2) is 6.53. The van der Waals surface area contributed by atoms with Crippen LogP contribution in [0.4, 0.5) is 10.1 Å². The molecule has 0 atom stereocenters. The summed E-state index contributed by atoms with van der Waals surface area (Å²) in [5.41, 5.74) is 4.25. The molecule has 0 bridgehead atoms. The number of para-hydroxylation sites is 1. The van der Waals surface area contributed by atoms with Crippen LogP contribution in [-0.4, -0.2) is 5.91 Å². The molecule has 2 rings (SSSR count). The van der Waals surface area contributed by atoms with Crippen LogP contribution in [0.3, 0.4) is 0 Å². The Bertz CT molecular complexity index is 642. The zero-order valence-corrected chi connectivity index (χ0v) is 12.7. The maximum atomic E-state index is 13.1. The zero-order valence-electron chi connectivity index (χ0n) is 12.7. The van der Waals surface area contributed by atoms with Gasteiger partial charge in [0.15, 0.2) is 0 Å². The molecule has 2 nitrogen and oxygen atoms in total. The summed E-state index contributed by atoms with van der Waals surface area (Å²) in [5.74, 6) is -0.518. The van der Waals surface area contributed by atoms with E-state index < -0.39 is 0 Å². The number of nitrogens with one attached hydrogen (secondary N) is 1. The highest BCUT2D eigenvalue weighted by Gasteiger charge is 2.13. The number of halogens is 1. The quantitative estimate of drug-likeness (QED) is 0.879. The molecule has 1 N–H and O–H groups in total. The van der Waals surface area contributed by atoms with Crippen LogP contribution in [0.5, 0.6) is 0 Å². The molecular weight excluding hydrogens is 265 g/mol. The summed E-state index contributed by atoms with van der Waals surface area (Å²) in [5, 5.41) is 3.00. The highest BCUT2D eigenvalue weighted by molar-refractivity contribution is 6.06. The number of amides is 1. The molecule has 2 aromatic rings. The summed E-state index contributed by atoms with van der Waals surface area (Å²) in [6, 6.07) is 10.3. The Labute approximate surface area is 125 Å². The van der Waals surface area contributed by atoms with Gasteiger partial charge >= 0.3 is 0 Å². The summed E-state index contributed by atoms with van der Waals surface area (Å²) < 4.78 is 13.1. The smallest absolute Gasteiger partial charge is 0.255 e. The SMILES string of the molecule is CCc1cccc(CC)c1NC(=O)c1ccc(F)cc1C. The molecule has 21 heavy (non-hydrogen) atoms. The first-order valence-corrected chi connectivity index (χ1v) is 7.25. The van der Waals surface area contributed by atoms with Crippen molar-refractivity contribution in [2.75, 3.05) is 5.32 Å². The summed E-state index contributed by atoms with van der Waals surface area (Å²) in [6.07, 6.45) is 1.71. The second-order valence-corrected chi connectivity index (χ2v) is 5.07. The lowest BCUT2D eigenvalue weighted by Gasteiger charge is -2.15. The van der Waals surface area contributed by atoms with E-state index in [9.17, 15) is 9.18 Å². The number of anilines is 1. The number of hydrogen-bond donors (Lipinski definition) is 1. The average Bonchev–Trinajstić information content (AvgIpc) is 2.47. The minimum absolute atomic E-state index is 0.192. The van der Waals surface area contributed by atoms with E-state index in [4.69, 9.17) is 0 Å². The van der Waals surface area contributed by atoms with Gasteiger partial charge in [-0.15, -0.1) is 0 Å². The molecule has 0 radical (unpaired) electrons. The van der Waals surface area contributed by atoms with Crippen molar-refractivity contribution < 1.29 is 9.18 Å². The first kappa shape index (κ1) is 15.2.